The van der Waals surface area contributed by atoms with Crippen molar-refractivity contribution in [3.05, 3.63) is 59.4 Å². The van der Waals surface area contributed by atoms with Gasteiger partial charge < -0.3 is 14.8 Å². The molecule has 0 saturated heterocycles. The number of anilines is 1. The van der Waals surface area contributed by atoms with Crippen LogP contribution < -0.4 is 14.8 Å². The zero-order valence-electron chi connectivity index (χ0n) is 19.6. The fraction of sp³-hybridized carbons (Fsp3) is 0.385. The number of carbonyl (C=O) groups is 2. The van der Waals surface area contributed by atoms with Crippen LogP contribution in [0.3, 0.4) is 0 Å². The Kier molecular flexibility index (Phi) is 6.06. The van der Waals surface area contributed by atoms with Crippen molar-refractivity contribution in [2.24, 2.45) is 16.3 Å². The molecule has 0 radical (unpaired) electrons. The first-order chi connectivity index (χ1) is 15.7. The number of methoxy groups -OCH3 is 2. The van der Waals surface area contributed by atoms with Gasteiger partial charge in [-0.3, -0.25) is 14.6 Å². The van der Waals surface area contributed by atoms with Crippen molar-refractivity contribution >= 4 is 23.2 Å². The number of hydrogen-bond acceptors (Lipinski definition) is 6. The van der Waals surface area contributed by atoms with Crippen LogP contribution in [0.2, 0.25) is 0 Å². The second kappa shape index (κ2) is 8.81. The molecule has 0 spiro atoms. The number of rotatable bonds is 5. The number of pyridine rings is 1. The van der Waals surface area contributed by atoms with Gasteiger partial charge in [-0.25, -0.2) is 4.98 Å². The van der Waals surface area contributed by atoms with E-state index in [1.807, 2.05) is 13.0 Å². The molecule has 1 aliphatic carbocycles. The first kappa shape index (κ1) is 22.7. The molecule has 4 rings (SSSR count). The van der Waals surface area contributed by atoms with Crippen molar-refractivity contribution in [1.82, 2.24) is 4.98 Å². The number of ketones is 1. The van der Waals surface area contributed by atoms with Gasteiger partial charge in [0.1, 0.15) is 17.3 Å². The summed E-state index contributed by atoms with van der Waals surface area (Å²) in [7, 11) is 3.17. The highest BCUT2D eigenvalue weighted by Crippen LogP contribution is 2.50. The molecule has 1 aliphatic heterocycles. The number of aliphatic imine (C=N–C) groups is 1. The predicted octanol–water partition coefficient (Wildman–Crippen LogP) is 4.56. The minimum atomic E-state index is -0.697. The summed E-state index contributed by atoms with van der Waals surface area (Å²) in [5, 5.41) is 2.90. The number of carbonyl (C=O) groups excluding carboxylic acids is 2. The number of hydrogen-bond donors (Lipinski definition) is 1. The van der Waals surface area contributed by atoms with Crippen LogP contribution in [-0.2, 0) is 9.59 Å². The number of ether oxygens (including phenoxy) is 2. The minimum absolute atomic E-state index is 0.0167. The highest BCUT2D eigenvalue weighted by atomic mass is 16.5. The molecule has 1 aromatic carbocycles. The molecular formula is C26H29N3O4. The average molecular weight is 448 g/mol. The van der Waals surface area contributed by atoms with E-state index in [1.54, 1.807) is 50.7 Å². The van der Waals surface area contributed by atoms with Gasteiger partial charge >= 0.3 is 0 Å². The van der Waals surface area contributed by atoms with E-state index in [0.29, 0.717) is 41.4 Å². The van der Waals surface area contributed by atoms with E-state index in [0.717, 1.165) is 11.3 Å². The quantitative estimate of drug-likeness (QED) is 0.726. The number of aromatic nitrogens is 1. The number of amides is 1. The van der Waals surface area contributed by atoms with Gasteiger partial charge in [0.05, 0.1) is 20.1 Å². The van der Waals surface area contributed by atoms with E-state index in [1.165, 1.54) is 0 Å². The molecule has 0 bridgehead atoms. The fourth-order valence-electron chi connectivity index (χ4n) is 4.84. The van der Waals surface area contributed by atoms with Gasteiger partial charge in [-0.2, -0.15) is 0 Å². The smallest absolute Gasteiger partial charge is 0.235 e. The third kappa shape index (κ3) is 4.40. The van der Waals surface area contributed by atoms with E-state index in [4.69, 9.17) is 14.5 Å². The Hall–Kier alpha value is -3.48. The summed E-state index contributed by atoms with van der Waals surface area (Å²) >= 11 is 0. The second-order valence-corrected chi connectivity index (χ2v) is 9.32. The standard InChI is InChI=1S/C26H29N3O4/c1-15-22(25(31)29-21-8-6-7-11-27-21)23(17-12-16(32-4)9-10-20(17)33-5)24-18(28-15)13-26(2,3)14-19(24)30/h6-12,22-23H,13-14H2,1-5H3,(H,27,29,31)/t22?,23-/m0/s1. The Morgan fingerprint density at radius 1 is 1.12 bits per heavy atom. The summed E-state index contributed by atoms with van der Waals surface area (Å²) in [5.74, 6) is 0.169. The molecule has 172 valence electrons. The number of Topliss-reactive ketones (excluding diaryl/α,β-unsaturated/α-hetero) is 1. The van der Waals surface area contributed by atoms with Crippen LogP contribution in [0.4, 0.5) is 5.82 Å². The Labute approximate surface area is 193 Å². The van der Waals surface area contributed by atoms with Crippen molar-refractivity contribution in [3.8, 4) is 11.5 Å². The molecule has 1 aromatic heterocycles. The Bertz CT molecular complexity index is 1150. The van der Waals surface area contributed by atoms with Crippen molar-refractivity contribution in [2.75, 3.05) is 19.5 Å². The van der Waals surface area contributed by atoms with Gasteiger partial charge in [-0.1, -0.05) is 19.9 Å². The van der Waals surface area contributed by atoms with Gasteiger partial charge in [0.25, 0.3) is 0 Å². The molecule has 2 heterocycles. The molecule has 7 nitrogen and oxygen atoms in total. The van der Waals surface area contributed by atoms with Crippen molar-refractivity contribution < 1.29 is 19.1 Å². The lowest BCUT2D eigenvalue weighted by Crippen LogP contribution is -2.41. The topological polar surface area (TPSA) is 89.9 Å². The second-order valence-electron chi connectivity index (χ2n) is 9.32. The van der Waals surface area contributed by atoms with Gasteiger partial charge in [0.15, 0.2) is 5.78 Å². The Morgan fingerprint density at radius 2 is 1.91 bits per heavy atom. The van der Waals surface area contributed by atoms with Gasteiger partial charge in [-0.15, -0.1) is 0 Å². The SMILES string of the molecule is COc1ccc(OC)c([C@@H]2C3=C(CC(C)(C)CC3=O)N=C(C)C2C(=O)Nc2ccccn2)c1. The molecule has 1 unspecified atom stereocenters. The lowest BCUT2D eigenvalue weighted by atomic mass is 9.66. The average Bonchev–Trinajstić information content (AvgIpc) is 2.77. The van der Waals surface area contributed by atoms with E-state index in [2.05, 4.69) is 24.1 Å². The van der Waals surface area contributed by atoms with E-state index >= 15 is 0 Å². The lowest BCUT2D eigenvalue weighted by molar-refractivity contribution is -0.119. The Balaban J connectivity index is 1.88. The third-order valence-electron chi connectivity index (χ3n) is 6.27. The van der Waals surface area contributed by atoms with Crippen LogP contribution in [0.5, 0.6) is 11.5 Å². The molecule has 1 amide bonds. The van der Waals surface area contributed by atoms with Crippen LogP contribution in [-0.4, -0.2) is 36.6 Å². The predicted molar refractivity (Wildman–Crippen MR) is 127 cm³/mol. The van der Waals surface area contributed by atoms with E-state index in [-0.39, 0.29) is 17.1 Å². The first-order valence-corrected chi connectivity index (χ1v) is 11.0. The first-order valence-electron chi connectivity index (χ1n) is 11.0. The monoisotopic (exact) mass is 447 g/mol. The Morgan fingerprint density at radius 3 is 2.58 bits per heavy atom. The largest absolute Gasteiger partial charge is 0.497 e. The van der Waals surface area contributed by atoms with Crippen molar-refractivity contribution in [3.63, 3.8) is 0 Å². The molecule has 0 saturated carbocycles. The molecule has 2 atom stereocenters. The molecule has 1 N–H and O–H groups in total. The van der Waals surface area contributed by atoms with Crippen LogP contribution in [0, 0.1) is 11.3 Å². The van der Waals surface area contributed by atoms with E-state index < -0.39 is 11.8 Å². The summed E-state index contributed by atoms with van der Waals surface area (Å²) in [6.07, 6.45) is 2.69. The number of nitrogens with one attached hydrogen (secondary N) is 1. The number of allylic oxidation sites excluding steroid dienone is 2. The fourth-order valence-corrected chi connectivity index (χ4v) is 4.84. The molecule has 2 aromatic rings. The van der Waals surface area contributed by atoms with Crippen molar-refractivity contribution in [2.45, 2.75) is 39.5 Å². The van der Waals surface area contributed by atoms with Gasteiger partial charge in [0, 0.05) is 41.1 Å². The number of benzene rings is 1. The summed E-state index contributed by atoms with van der Waals surface area (Å²) in [5.41, 5.74) is 2.54. The normalized spacial score (nSPS) is 21.7. The zero-order chi connectivity index (χ0) is 23.8. The highest BCUT2D eigenvalue weighted by molar-refractivity contribution is 6.13. The maximum absolute atomic E-state index is 13.6. The minimum Gasteiger partial charge on any atom is -0.497 e. The van der Waals surface area contributed by atoms with Gasteiger partial charge in [0.2, 0.25) is 5.91 Å². The van der Waals surface area contributed by atoms with Crippen LogP contribution in [0.15, 0.2) is 58.9 Å². The van der Waals surface area contributed by atoms with E-state index in [9.17, 15) is 9.59 Å². The zero-order valence-corrected chi connectivity index (χ0v) is 19.6. The molecule has 7 heteroatoms. The molecular weight excluding hydrogens is 418 g/mol. The summed E-state index contributed by atoms with van der Waals surface area (Å²) in [6, 6.07) is 10.8. The summed E-state index contributed by atoms with van der Waals surface area (Å²) < 4.78 is 11.1. The molecule has 2 aliphatic rings. The van der Waals surface area contributed by atoms with Crippen LogP contribution in [0.1, 0.15) is 45.1 Å². The van der Waals surface area contributed by atoms with Crippen LogP contribution >= 0.6 is 0 Å². The van der Waals surface area contributed by atoms with Crippen LogP contribution in [0.25, 0.3) is 0 Å². The van der Waals surface area contributed by atoms with Crippen molar-refractivity contribution in [1.29, 1.82) is 0 Å². The molecule has 0 fully saturated rings. The maximum Gasteiger partial charge on any atom is 0.235 e. The summed E-state index contributed by atoms with van der Waals surface area (Å²) in [6.45, 7) is 5.99. The third-order valence-corrected chi connectivity index (χ3v) is 6.27. The van der Waals surface area contributed by atoms with Gasteiger partial charge in [-0.05, 0) is 49.1 Å². The maximum atomic E-state index is 13.6. The lowest BCUT2D eigenvalue weighted by Gasteiger charge is -2.39. The number of nitrogens with zero attached hydrogens (tertiary/aromatic N) is 2. The molecule has 33 heavy (non-hydrogen) atoms. The highest BCUT2D eigenvalue weighted by Gasteiger charge is 2.46. The summed E-state index contributed by atoms with van der Waals surface area (Å²) in [4.78, 5) is 36.1.